The van der Waals surface area contributed by atoms with Crippen molar-refractivity contribution in [2.24, 2.45) is 0 Å². The number of anilines is 2. The second-order valence-corrected chi connectivity index (χ2v) is 7.76. The molecule has 4 rings (SSSR count). The molecule has 0 N–H and O–H groups in total. The van der Waals surface area contributed by atoms with Crippen LogP contribution in [0.5, 0.6) is 0 Å². The molecule has 0 aliphatic carbocycles. The van der Waals surface area contributed by atoms with Crippen molar-refractivity contribution in [2.45, 2.75) is 18.1 Å². The van der Waals surface area contributed by atoms with Crippen LogP contribution in [-0.4, -0.2) is 31.3 Å². The van der Waals surface area contributed by atoms with Crippen LogP contribution in [0.1, 0.15) is 5.56 Å². The van der Waals surface area contributed by atoms with E-state index < -0.39 is 11.2 Å². The summed E-state index contributed by atoms with van der Waals surface area (Å²) in [5.74, 6) is 0.543. The molecule has 142 valence electrons. The molecular weight excluding hydrogens is 376 g/mol. The van der Waals surface area contributed by atoms with Crippen LogP contribution in [0.3, 0.4) is 0 Å². The molecule has 0 fully saturated rings. The summed E-state index contributed by atoms with van der Waals surface area (Å²) in [4.78, 5) is 32.9. The summed E-state index contributed by atoms with van der Waals surface area (Å²) in [6, 6.07) is 13.5. The van der Waals surface area contributed by atoms with Crippen molar-refractivity contribution in [1.82, 2.24) is 14.5 Å². The standard InChI is InChI=1S/C20H18N4O3S/c1-28(27)18-7-3-2-6-17(18)24-19-15(5-4-10-21-19)13-23(20(24)26)14-22-11-8-16(25)9-12-22/h2-12H,13-14H2,1H3. The highest BCUT2D eigenvalue weighted by atomic mass is 32.2. The van der Waals surface area contributed by atoms with Gasteiger partial charge >= 0.3 is 6.03 Å². The number of pyridine rings is 2. The van der Waals surface area contributed by atoms with Gasteiger partial charge < -0.3 is 14.0 Å². The Labute approximate surface area is 165 Å². The van der Waals surface area contributed by atoms with Crippen molar-refractivity contribution in [3.8, 4) is 0 Å². The van der Waals surface area contributed by atoms with Crippen LogP contribution >= 0.6 is 0 Å². The van der Waals surface area contributed by atoms with E-state index in [1.165, 1.54) is 17.0 Å². The topological polar surface area (TPSA) is 81.5 Å². The number of nitrogens with zero attached hydrogens (tertiary/aromatic N) is 4. The van der Waals surface area contributed by atoms with Crippen molar-refractivity contribution in [2.75, 3.05) is 11.2 Å². The number of carbonyl (C=O) groups excluding carboxylic acids is 1. The number of aromatic nitrogens is 2. The predicted octanol–water partition coefficient (Wildman–Crippen LogP) is 2.71. The number of para-hydroxylation sites is 1. The van der Waals surface area contributed by atoms with Crippen molar-refractivity contribution < 1.29 is 9.35 Å². The molecular formula is C20H18N4O3S. The zero-order valence-electron chi connectivity index (χ0n) is 15.2. The smallest absolute Gasteiger partial charge is 0.332 e. The fourth-order valence-electron chi connectivity index (χ4n) is 3.21. The van der Waals surface area contributed by atoms with Crippen molar-refractivity contribution in [1.29, 1.82) is 0 Å². The average molecular weight is 394 g/mol. The maximum Gasteiger partial charge on any atom is 0.332 e. The summed E-state index contributed by atoms with van der Waals surface area (Å²) in [5.41, 5.74) is 1.36. The molecule has 7 nitrogen and oxygen atoms in total. The first-order chi connectivity index (χ1) is 13.5. The second kappa shape index (κ2) is 7.49. The molecule has 28 heavy (non-hydrogen) atoms. The third-order valence-corrected chi connectivity index (χ3v) is 5.48. The van der Waals surface area contributed by atoms with Crippen LogP contribution in [0.4, 0.5) is 16.3 Å². The van der Waals surface area contributed by atoms with E-state index in [1.807, 2.05) is 18.2 Å². The maximum absolute atomic E-state index is 13.4. The van der Waals surface area contributed by atoms with Gasteiger partial charge in [0.05, 0.1) is 13.2 Å². The molecule has 1 aliphatic rings. The lowest BCUT2D eigenvalue weighted by atomic mass is 10.1. The van der Waals surface area contributed by atoms with Gasteiger partial charge in [0.2, 0.25) is 0 Å². The molecule has 0 saturated heterocycles. The first-order valence-corrected chi connectivity index (χ1v) is 10.2. The number of amides is 2. The van der Waals surface area contributed by atoms with Gasteiger partial charge in [0, 0.05) is 36.3 Å². The zero-order valence-corrected chi connectivity index (χ0v) is 16.0. The molecule has 3 heterocycles. The summed E-state index contributed by atoms with van der Waals surface area (Å²) in [7, 11) is 0. The van der Waals surface area contributed by atoms with E-state index in [4.69, 9.17) is 0 Å². The van der Waals surface area contributed by atoms with Crippen molar-refractivity contribution in [3.05, 3.63) is 82.9 Å². The highest BCUT2D eigenvalue weighted by Gasteiger charge is 2.35. The van der Waals surface area contributed by atoms with Crippen LogP contribution in [0, 0.1) is 0 Å². The Morgan fingerprint density at radius 3 is 2.57 bits per heavy atom. The third-order valence-electron chi connectivity index (χ3n) is 4.51. The Hall–Kier alpha value is -3.10. The van der Waals surface area contributed by atoms with Gasteiger partial charge in [0.15, 0.2) is 10.3 Å². The van der Waals surface area contributed by atoms with Gasteiger partial charge in [0.25, 0.3) is 0 Å². The summed E-state index contributed by atoms with van der Waals surface area (Å²) < 4.78 is 14.0. The minimum atomic E-state index is -1.27. The summed E-state index contributed by atoms with van der Waals surface area (Å²) in [6.07, 6.45) is 6.52. The fraction of sp³-hybridized carbons (Fsp3) is 0.150. The molecule has 2 aromatic heterocycles. The number of rotatable bonds is 4. The highest BCUT2D eigenvalue weighted by molar-refractivity contribution is 7.90. The van der Waals surface area contributed by atoms with Crippen LogP contribution in [0.15, 0.2) is 76.8 Å². The average Bonchev–Trinajstić information content (AvgIpc) is 2.70. The minimum Gasteiger partial charge on any atom is -0.612 e. The summed E-state index contributed by atoms with van der Waals surface area (Å²) >= 11 is -1.27. The number of carbonyl (C=O) groups is 1. The van der Waals surface area contributed by atoms with Crippen LogP contribution in [0.25, 0.3) is 0 Å². The molecule has 1 aliphatic heterocycles. The lowest BCUT2D eigenvalue weighted by molar-refractivity contribution is 0.183. The van der Waals surface area contributed by atoms with Crippen LogP contribution < -0.4 is 10.3 Å². The van der Waals surface area contributed by atoms with E-state index in [0.717, 1.165) is 5.56 Å². The molecule has 1 atom stereocenters. The monoisotopic (exact) mass is 394 g/mol. The lowest BCUT2D eigenvalue weighted by Gasteiger charge is -2.36. The molecule has 3 aromatic rings. The number of fused-ring (bicyclic) bond motifs is 1. The number of urea groups is 1. The van der Waals surface area contributed by atoms with E-state index in [0.29, 0.717) is 22.9 Å². The predicted molar refractivity (Wildman–Crippen MR) is 107 cm³/mol. The van der Waals surface area contributed by atoms with Gasteiger partial charge in [-0.1, -0.05) is 18.2 Å². The fourth-order valence-corrected chi connectivity index (χ4v) is 3.93. The SMILES string of the molecule is C[S+]([O-])c1ccccc1N1C(=O)N(Cn2ccc(=O)cc2)Cc2cccnc21. The molecule has 1 aromatic carbocycles. The number of hydrogen-bond acceptors (Lipinski definition) is 4. The van der Waals surface area contributed by atoms with Crippen molar-refractivity contribution in [3.63, 3.8) is 0 Å². The van der Waals surface area contributed by atoms with Gasteiger partial charge in [0.1, 0.15) is 17.8 Å². The Morgan fingerprint density at radius 1 is 1.07 bits per heavy atom. The van der Waals surface area contributed by atoms with Crippen LogP contribution in [-0.2, 0) is 24.4 Å². The van der Waals surface area contributed by atoms with Gasteiger partial charge in [-0.15, -0.1) is 0 Å². The molecule has 8 heteroatoms. The zero-order chi connectivity index (χ0) is 19.7. The van der Waals surface area contributed by atoms with E-state index in [9.17, 15) is 14.1 Å². The molecule has 0 bridgehead atoms. The Kier molecular flexibility index (Phi) is 4.89. The highest BCUT2D eigenvalue weighted by Crippen LogP contribution is 2.36. The molecule has 2 amide bonds. The van der Waals surface area contributed by atoms with Gasteiger partial charge in [-0.05, 0) is 29.4 Å². The second-order valence-electron chi connectivity index (χ2n) is 6.41. The van der Waals surface area contributed by atoms with E-state index >= 15 is 0 Å². The third kappa shape index (κ3) is 3.39. The van der Waals surface area contributed by atoms with Crippen LogP contribution in [0.2, 0.25) is 0 Å². The van der Waals surface area contributed by atoms with Gasteiger partial charge in [-0.2, -0.15) is 0 Å². The van der Waals surface area contributed by atoms with Gasteiger partial charge in [-0.3, -0.25) is 4.79 Å². The van der Waals surface area contributed by atoms with E-state index in [2.05, 4.69) is 4.98 Å². The van der Waals surface area contributed by atoms with Crippen molar-refractivity contribution >= 4 is 28.7 Å². The molecule has 0 spiro atoms. The Bertz CT molecular complexity index is 1060. The minimum absolute atomic E-state index is 0.0863. The number of benzene rings is 1. The normalized spacial score (nSPS) is 14.7. The largest absolute Gasteiger partial charge is 0.612 e. The molecule has 0 radical (unpaired) electrons. The molecule has 1 unspecified atom stereocenters. The quantitative estimate of drug-likeness (QED) is 0.637. The number of hydrogen-bond donors (Lipinski definition) is 0. The molecule has 0 saturated carbocycles. The summed E-state index contributed by atoms with van der Waals surface area (Å²) in [5, 5.41) is 0. The Morgan fingerprint density at radius 2 is 1.82 bits per heavy atom. The van der Waals surface area contributed by atoms with Gasteiger partial charge in [-0.25, -0.2) is 14.7 Å². The maximum atomic E-state index is 13.4. The van der Waals surface area contributed by atoms with E-state index in [1.54, 1.807) is 52.5 Å². The lowest BCUT2D eigenvalue weighted by Crippen LogP contribution is -2.46. The Balaban J connectivity index is 1.78. The first kappa shape index (κ1) is 18.3. The van der Waals surface area contributed by atoms with E-state index in [-0.39, 0.29) is 18.1 Å². The summed E-state index contributed by atoms with van der Waals surface area (Å²) in [6.45, 7) is 0.670. The first-order valence-electron chi connectivity index (χ1n) is 8.66.